The Hall–Kier alpha value is -3.46. The minimum absolute atomic E-state index is 0.124. The second kappa shape index (κ2) is 8.70. The Kier molecular flexibility index (Phi) is 6.08. The number of thiocarbonyl (C=S) groups is 1. The quantitative estimate of drug-likeness (QED) is 0.703. The Balaban J connectivity index is 1.72. The summed E-state index contributed by atoms with van der Waals surface area (Å²) in [5.74, 6) is -0.593. The predicted molar refractivity (Wildman–Crippen MR) is 111 cm³/mol. The molecular formula is C20H20N4O4S. The van der Waals surface area contributed by atoms with E-state index in [1.54, 1.807) is 54.6 Å². The molecule has 29 heavy (non-hydrogen) atoms. The summed E-state index contributed by atoms with van der Waals surface area (Å²) < 4.78 is 5.13. The number of benzene rings is 2. The fourth-order valence-corrected chi connectivity index (χ4v) is 3.14. The van der Waals surface area contributed by atoms with E-state index >= 15 is 0 Å². The molecule has 150 valence electrons. The van der Waals surface area contributed by atoms with Crippen LogP contribution in [0.3, 0.4) is 0 Å². The molecule has 1 aliphatic rings. The standard InChI is InChI=1S/C20H20N4O4S/c1-23-19(27)16(12-17(25)21-14-9-6-10-15(11-14)28-2)24(20(23)29)22-18(26)13-7-4-3-5-8-13/h3-11,16H,12H2,1-2H3,(H,21,25)(H,22,26). The van der Waals surface area contributed by atoms with Gasteiger partial charge in [-0.2, -0.15) is 0 Å². The fourth-order valence-electron chi connectivity index (χ4n) is 2.88. The van der Waals surface area contributed by atoms with Gasteiger partial charge in [0, 0.05) is 24.4 Å². The topological polar surface area (TPSA) is 91.0 Å². The number of ether oxygens (including phenoxy) is 1. The van der Waals surface area contributed by atoms with Crippen LogP contribution in [0.5, 0.6) is 5.75 Å². The Labute approximate surface area is 173 Å². The number of hydrazine groups is 1. The van der Waals surface area contributed by atoms with E-state index in [2.05, 4.69) is 10.7 Å². The lowest BCUT2D eigenvalue weighted by Crippen LogP contribution is -2.49. The van der Waals surface area contributed by atoms with E-state index < -0.39 is 17.9 Å². The van der Waals surface area contributed by atoms with Crippen LogP contribution in [0, 0.1) is 0 Å². The van der Waals surface area contributed by atoms with Gasteiger partial charge in [-0.1, -0.05) is 24.3 Å². The van der Waals surface area contributed by atoms with Crippen molar-refractivity contribution in [1.29, 1.82) is 0 Å². The Morgan fingerprint density at radius 2 is 1.86 bits per heavy atom. The number of nitrogens with zero attached hydrogens (tertiary/aromatic N) is 2. The lowest BCUT2D eigenvalue weighted by Gasteiger charge is -2.24. The fraction of sp³-hybridized carbons (Fsp3) is 0.200. The minimum Gasteiger partial charge on any atom is -0.497 e. The van der Waals surface area contributed by atoms with Crippen molar-refractivity contribution in [2.24, 2.45) is 0 Å². The molecular weight excluding hydrogens is 392 g/mol. The van der Waals surface area contributed by atoms with Gasteiger partial charge in [0.15, 0.2) is 5.11 Å². The summed E-state index contributed by atoms with van der Waals surface area (Å²) in [7, 11) is 3.04. The van der Waals surface area contributed by atoms with Crippen molar-refractivity contribution in [1.82, 2.24) is 15.3 Å². The van der Waals surface area contributed by atoms with E-state index in [-0.39, 0.29) is 17.4 Å². The molecule has 1 unspecified atom stereocenters. The Bertz CT molecular complexity index is 951. The highest BCUT2D eigenvalue weighted by Gasteiger charge is 2.42. The van der Waals surface area contributed by atoms with Gasteiger partial charge in [0.05, 0.1) is 13.5 Å². The SMILES string of the molecule is COc1cccc(NC(=O)CC2C(=O)N(C)C(=S)N2NC(=O)c2ccccc2)c1. The van der Waals surface area contributed by atoms with E-state index in [0.29, 0.717) is 17.0 Å². The number of anilines is 1. The summed E-state index contributed by atoms with van der Waals surface area (Å²) >= 11 is 5.27. The third-order valence-corrected chi connectivity index (χ3v) is 4.88. The zero-order chi connectivity index (χ0) is 21.0. The second-order valence-electron chi connectivity index (χ2n) is 6.36. The number of hydrogen-bond acceptors (Lipinski definition) is 5. The van der Waals surface area contributed by atoms with E-state index in [9.17, 15) is 14.4 Å². The average Bonchev–Trinajstić information content (AvgIpc) is 2.92. The first kappa shape index (κ1) is 20.3. The molecule has 8 nitrogen and oxygen atoms in total. The van der Waals surface area contributed by atoms with E-state index in [0.717, 1.165) is 0 Å². The molecule has 0 aromatic heterocycles. The molecule has 9 heteroatoms. The van der Waals surface area contributed by atoms with Crippen molar-refractivity contribution in [2.45, 2.75) is 12.5 Å². The molecule has 1 heterocycles. The molecule has 0 saturated carbocycles. The second-order valence-corrected chi connectivity index (χ2v) is 6.72. The number of rotatable bonds is 6. The highest BCUT2D eigenvalue weighted by Crippen LogP contribution is 2.20. The van der Waals surface area contributed by atoms with Gasteiger partial charge in [-0.05, 0) is 36.5 Å². The normalized spacial score (nSPS) is 16.0. The first-order valence-corrected chi connectivity index (χ1v) is 9.22. The van der Waals surface area contributed by atoms with Gasteiger partial charge in [-0.3, -0.25) is 24.7 Å². The molecule has 1 aliphatic heterocycles. The molecule has 1 atom stereocenters. The van der Waals surface area contributed by atoms with Crippen molar-refractivity contribution < 1.29 is 19.1 Å². The van der Waals surface area contributed by atoms with Crippen LogP contribution in [0.4, 0.5) is 5.69 Å². The molecule has 2 aromatic rings. The summed E-state index contributed by atoms with van der Waals surface area (Å²) in [6.45, 7) is 0. The lowest BCUT2D eigenvalue weighted by molar-refractivity contribution is -0.130. The molecule has 1 saturated heterocycles. The van der Waals surface area contributed by atoms with E-state index in [1.165, 1.54) is 24.1 Å². The van der Waals surface area contributed by atoms with Crippen molar-refractivity contribution >= 4 is 40.7 Å². The summed E-state index contributed by atoms with van der Waals surface area (Å²) in [6.07, 6.45) is -0.185. The highest BCUT2D eigenvalue weighted by atomic mass is 32.1. The van der Waals surface area contributed by atoms with Gasteiger partial charge < -0.3 is 10.1 Å². The maximum absolute atomic E-state index is 12.6. The molecule has 3 rings (SSSR count). The van der Waals surface area contributed by atoms with Crippen LogP contribution in [0.1, 0.15) is 16.8 Å². The maximum atomic E-state index is 12.6. The summed E-state index contributed by atoms with van der Waals surface area (Å²) in [4.78, 5) is 38.8. The van der Waals surface area contributed by atoms with Crippen LogP contribution in [-0.2, 0) is 9.59 Å². The molecule has 1 fully saturated rings. The molecule has 3 amide bonds. The van der Waals surface area contributed by atoms with Crippen LogP contribution in [-0.4, -0.2) is 52.9 Å². The van der Waals surface area contributed by atoms with Gasteiger partial charge in [0.2, 0.25) is 5.91 Å². The summed E-state index contributed by atoms with van der Waals surface area (Å²) in [5, 5.41) is 4.11. The first-order chi connectivity index (χ1) is 13.9. The maximum Gasteiger partial charge on any atom is 0.269 e. The van der Waals surface area contributed by atoms with Crippen LogP contribution in [0.15, 0.2) is 54.6 Å². The number of methoxy groups -OCH3 is 1. The average molecular weight is 412 g/mol. The number of amides is 3. The number of hydrogen-bond donors (Lipinski definition) is 2. The Morgan fingerprint density at radius 3 is 2.55 bits per heavy atom. The van der Waals surface area contributed by atoms with Gasteiger partial charge in [-0.25, -0.2) is 5.01 Å². The van der Waals surface area contributed by atoms with Crippen LogP contribution in [0.2, 0.25) is 0 Å². The van der Waals surface area contributed by atoms with Crippen molar-refractivity contribution in [3.8, 4) is 5.75 Å². The van der Waals surface area contributed by atoms with Gasteiger partial charge >= 0.3 is 0 Å². The zero-order valence-electron chi connectivity index (χ0n) is 15.9. The molecule has 0 bridgehead atoms. The Morgan fingerprint density at radius 1 is 1.14 bits per heavy atom. The van der Waals surface area contributed by atoms with Crippen LogP contribution >= 0.6 is 12.2 Å². The van der Waals surface area contributed by atoms with E-state index in [1.807, 2.05) is 0 Å². The number of likely N-dealkylation sites (N-methyl/N-ethyl adjacent to an activating group) is 1. The number of carbonyl (C=O) groups excluding carboxylic acids is 3. The summed E-state index contributed by atoms with van der Waals surface area (Å²) in [5.41, 5.74) is 3.59. The number of nitrogens with one attached hydrogen (secondary N) is 2. The molecule has 0 radical (unpaired) electrons. The van der Waals surface area contributed by atoms with Crippen molar-refractivity contribution in [3.63, 3.8) is 0 Å². The molecule has 2 N–H and O–H groups in total. The van der Waals surface area contributed by atoms with Gasteiger partial charge in [0.1, 0.15) is 11.8 Å². The zero-order valence-corrected chi connectivity index (χ0v) is 16.7. The monoisotopic (exact) mass is 412 g/mol. The smallest absolute Gasteiger partial charge is 0.269 e. The molecule has 0 aliphatic carbocycles. The van der Waals surface area contributed by atoms with Crippen LogP contribution < -0.4 is 15.5 Å². The third-order valence-electron chi connectivity index (χ3n) is 4.41. The predicted octanol–water partition coefficient (Wildman–Crippen LogP) is 1.80. The largest absolute Gasteiger partial charge is 0.497 e. The van der Waals surface area contributed by atoms with Crippen molar-refractivity contribution in [2.75, 3.05) is 19.5 Å². The van der Waals surface area contributed by atoms with Crippen LogP contribution in [0.25, 0.3) is 0 Å². The number of carbonyl (C=O) groups is 3. The highest BCUT2D eigenvalue weighted by molar-refractivity contribution is 7.80. The minimum atomic E-state index is -0.939. The lowest BCUT2D eigenvalue weighted by atomic mass is 10.2. The van der Waals surface area contributed by atoms with Gasteiger partial charge in [-0.15, -0.1) is 0 Å². The van der Waals surface area contributed by atoms with Gasteiger partial charge in [0.25, 0.3) is 11.8 Å². The first-order valence-electron chi connectivity index (χ1n) is 8.81. The summed E-state index contributed by atoms with van der Waals surface area (Å²) in [6, 6.07) is 14.5. The third kappa shape index (κ3) is 4.52. The molecule has 0 spiro atoms. The molecule has 2 aromatic carbocycles. The van der Waals surface area contributed by atoms with Crippen molar-refractivity contribution in [3.05, 3.63) is 60.2 Å². The van der Waals surface area contributed by atoms with E-state index in [4.69, 9.17) is 17.0 Å².